The molecule has 6 heteroatoms. The van der Waals surface area contributed by atoms with E-state index in [0.29, 0.717) is 17.6 Å². The Kier molecular flexibility index (Phi) is 5.90. The van der Waals surface area contributed by atoms with Crippen molar-refractivity contribution in [2.75, 3.05) is 6.54 Å². The monoisotopic (exact) mass is 330 g/mol. The van der Waals surface area contributed by atoms with Crippen LogP contribution >= 0.6 is 15.9 Å². The van der Waals surface area contributed by atoms with Gasteiger partial charge >= 0.3 is 0 Å². The summed E-state index contributed by atoms with van der Waals surface area (Å²) in [4.78, 5) is 10.2. The number of halogens is 1. The molecule has 1 aromatic carbocycles. The van der Waals surface area contributed by atoms with Crippen molar-refractivity contribution in [2.24, 2.45) is 0 Å². The molecule has 0 aliphatic carbocycles. The maximum Gasteiger partial charge on any atom is 0.270 e. The highest BCUT2D eigenvalue weighted by Crippen LogP contribution is 2.23. The predicted octanol–water partition coefficient (Wildman–Crippen LogP) is 3.00. The van der Waals surface area contributed by atoms with Gasteiger partial charge in [-0.15, -0.1) is 0 Å². The van der Waals surface area contributed by atoms with Crippen molar-refractivity contribution in [3.8, 4) is 0 Å². The van der Waals surface area contributed by atoms with Crippen molar-refractivity contribution in [2.45, 2.75) is 38.8 Å². The molecule has 0 aliphatic heterocycles. The van der Waals surface area contributed by atoms with Crippen LogP contribution in [0.1, 0.15) is 32.3 Å². The number of nitrogens with zero attached hydrogens (tertiary/aromatic N) is 1. The topological polar surface area (TPSA) is 75.4 Å². The Hall–Kier alpha value is -0.980. The van der Waals surface area contributed by atoms with E-state index in [0.717, 1.165) is 18.4 Å². The van der Waals surface area contributed by atoms with Crippen LogP contribution in [0.25, 0.3) is 0 Å². The van der Waals surface area contributed by atoms with Gasteiger partial charge in [0, 0.05) is 29.7 Å². The fraction of sp³-hybridized carbons (Fsp3) is 0.538. The molecule has 0 fully saturated rings. The second-order valence-corrected chi connectivity index (χ2v) is 5.74. The summed E-state index contributed by atoms with van der Waals surface area (Å²) >= 11 is 3.32. The van der Waals surface area contributed by atoms with E-state index < -0.39 is 10.5 Å². The number of nitro benzene ring substituents is 1. The smallest absolute Gasteiger partial charge is 0.270 e. The molecule has 0 spiro atoms. The van der Waals surface area contributed by atoms with Gasteiger partial charge in [0.15, 0.2) is 0 Å². The molecule has 5 nitrogen and oxygen atoms in total. The number of nitro groups is 1. The van der Waals surface area contributed by atoms with Crippen molar-refractivity contribution in [3.05, 3.63) is 38.3 Å². The van der Waals surface area contributed by atoms with E-state index in [4.69, 9.17) is 0 Å². The maximum absolute atomic E-state index is 10.6. The highest BCUT2D eigenvalue weighted by molar-refractivity contribution is 9.10. The summed E-state index contributed by atoms with van der Waals surface area (Å²) in [5, 5.41) is 23.8. The van der Waals surface area contributed by atoms with Gasteiger partial charge in [-0.05, 0) is 25.0 Å². The number of benzene rings is 1. The lowest BCUT2D eigenvalue weighted by molar-refractivity contribution is -0.384. The average molecular weight is 331 g/mol. The number of hydrogen-bond acceptors (Lipinski definition) is 4. The van der Waals surface area contributed by atoms with Gasteiger partial charge in [0.1, 0.15) is 0 Å². The first-order valence-corrected chi connectivity index (χ1v) is 7.01. The summed E-state index contributed by atoms with van der Waals surface area (Å²) < 4.78 is 0.698. The van der Waals surface area contributed by atoms with Gasteiger partial charge in [0.2, 0.25) is 0 Å². The predicted molar refractivity (Wildman–Crippen MR) is 78.0 cm³/mol. The zero-order valence-electron chi connectivity index (χ0n) is 11.1. The molecular formula is C13H19BrN2O3. The van der Waals surface area contributed by atoms with Gasteiger partial charge in [-0.25, -0.2) is 0 Å². The number of non-ortho nitro benzene ring substituents is 1. The van der Waals surface area contributed by atoms with Gasteiger partial charge in [-0.2, -0.15) is 0 Å². The lowest BCUT2D eigenvalue weighted by atomic mass is 10.0. The largest absolute Gasteiger partial charge is 0.389 e. The number of rotatable bonds is 7. The SMILES string of the molecule is CCCC(C)(O)CNCc1ccc([N+](=O)[O-])cc1Br. The van der Waals surface area contributed by atoms with Crippen LogP contribution in [-0.2, 0) is 6.54 Å². The molecule has 19 heavy (non-hydrogen) atoms. The summed E-state index contributed by atoms with van der Waals surface area (Å²) in [5.74, 6) is 0. The summed E-state index contributed by atoms with van der Waals surface area (Å²) in [5.41, 5.74) is 0.272. The fourth-order valence-electron chi connectivity index (χ4n) is 1.89. The third-order valence-electron chi connectivity index (χ3n) is 2.86. The molecule has 0 aromatic heterocycles. The minimum absolute atomic E-state index is 0.0635. The molecule has 1 rings (SSSR count). The van der Waals surface area contributed by atoms with Crippen molar-refractivity contribution >= 4 is 21.6 Å². The Bertz CT molecular complexity index is 450. The van der Waals surface area contributed by atoms with Crippen molar-refractivity contribution in [1.29, 1.82) is 0 Å². The van der Waals surface area contributed by atoms with Gasteiger partial charge in [-0.3, -0.25) is 10.1 Å². The molecule has 0 heterocycles. The van der Waals surface area contributed by atoms with Crippen LogP contribution in [0.5, 0.6) is 0 Å². The van der Waals surface area contributed by atoms with Crippen LogP contribution in [0, 0.1) is 10.1 Å². The van der Waals surface area contributed by atoms with E-state index in [1.165, 1.54) is 12.1 Å². The van der Waals surface area contributed by atoms with Gasteiger partial charge in [0.25, 0.3) is 5.69 Å². The standard InChI is InChI=1S/C13H19BrN2O3/c1-3-6-13(2,17)9-15-8-10-4-5-11(16(18)19)7-12(10)14/h4-5,7,15,17H,3,6,8-9H2,1-2H3. The molecule has 1 unspecified atom stereocenters. The lowest BCUT2D eigenvalue weighted by Gasteiger charge is -2.23. The minimum Gasteiger partial charge on any atom is -0.389 e. The Morgan fingerprint density at radius 1 is 1.53 bits per heavy atom. The second-order valence-electron chi connectivity index (χ2n) is 4.88. The molecule has 0 saturated heterocycles. The fourth-order valence-corrected chi connectivity index (χ4v) is 2.39. The Morgan fingerprint density at radius 3 is 2.74 bits per heavy atom. The van der Waals surface area contributed by atoms with Crippen LogP contribution in [0.3, 0.4) is 0 Å². The van der Waals surface area contributed by atoms with Crippen LogP contribution in [-0.4, -0.2) is 22.2 Å². The van der Waals surface area contributed by atoms with E-state index in [1.54, 1.807) is 13.0 Å². The molecule has 0 bridgehead atoms. The first-order valence-electron chi connectivity index (χ1n) is 6.21. The number of hydrogen-bond donors (Lipinski definition) is 2. The van der Waals surface area contributed by atoms with Crippen molar-refractivity contribution < 1.29 is 10.0 Å². The van der Waals surface area contributed by atoms with E-state index in [2.05, 4.69) is 21.2 Å². The maximum atomic E-state index is 10.6. The highest BCUT2D eigenvalue weighted by atomic mass is 79.9. The normalized spacial score (nSPS) is 14.1. The second kappa shape index (κ2) is 6.98. The quantitative estimate of drug-likeness (QED) is 0.595. The molecule has 0 radical (unpaired) electrons. The zero-order valence-corrected chi connectivity index (χ0v) is 12.7. The Labute approximate surface area is 121 Å². The molecule has 0 amide bonds. The van der Waals surface area contributed by atoms with E-state index in [1.807, 2.05) is 6.92 Å². The summed E-state index contributed by atoms with van der Waals surface area (Å²) in [6.07, 6.45) is 1.66. The average Bonchev–Trinajstić information content (AvgIpc) is 2.30. The first kappa shape index (κ1) is 16.1. The summed E-state index contributed by atoms with van der Waals surface area (Å²) in [6, 6.07) is 4.68. The first-order chi connectivity index (χ1) is 8.85. The van der Waals surface area contributed by atoms with Crippen molar-refractivity contribution in [1.82, 2.24) is 5.32 Å². The van der Waals surface area contributed by atoms with E-state index in [-0.39, 0.29) is 5.69 Å². The number of aliphatic hydroxyl groups is 1. The summed E-state index contributed by atoms with van der Waals surface area (Å²) in [7, 11) is 0. The molecule has 1 atom stereocenters. The van der Waals surface area contributed by atoms with Crippen molar-refractivity contribution in [3.63, 3.8) is 0 Å². The number of nitrogens with one attached hydrogen (secondary N) is 1. The van der Waals surface area contributed by atoms with E-state index in [9.17, 15) is 15.2 Å². The minimum atomic E-state index is -0.720. The molecule has 0 aliphatic rings. The molecule has 1 aromatic rings. The van der Waals surface area contributed by atoms with Crippen LogP contribution in [0.2, 0.25) is 0 Å². The third kappa shape index (κ3) is 5.26. The van der Waals surface area contributed by atoms with Crippen LogP contribution in [0.15, 0.2) is 22.7 Å². The molecule has 2 N–H and O–H groups in total. The van der Waals surface area contributed by atoms with Crippen LogP contribution < -0.4 is 5.32 Å². The van der Waals surface area contributed by atoms with E-state index >= 15 is 0 Å². The molecule has 106 valence electrons. The lowest BCUT2D eigenvalue weighted by Crippen LogP contribution is -2.37. The zero-order chi connectivity index (χ0) is 14.5. The summed E-state index contributed by atoms with van der Waals surface area (Å²) in [6.45, 7) is 4.87. The Balaban J connectivity index is 2.57. The molecular weight excluding hydrogens is 312 g/mol. The van der Waals surface area contributed by atoms with Gasteiger partial charge in [-0.1, -0.05) is 29.3 Å². The Morgan fingerprint density at radius 2 is 2.21 bits per heavy atom. The highest BCUT2D eigenvalue weighted by Gasteiger charge is 2.18. The van der Waals surface area contributed by atoms with Gasteiger partial charge < -0.3 is 10.4 Å². The van der Waals surface area contributed by atoms with Crippen LogP contribution in [0.4, 0.5) is 5.69 Å². The molecule has 0 saturated carbocycles. The van der Waals surface area contributed by atoms with Gasteiger partial charge in [0.05, 0.1) is 10.5 Å². The third-order valence-corrected chi connectivity index (χ3v) is 3.60.